The van der Waals surface area contributed by atoms with Crippen molar-refractivity contribution in [2.45, 2.75) is 20.8 Å². The molecule has 6 heteroatoms. The minimum Gasteiger partial charge on any atom is -0.478 e. The Hall–Kier alpha value is -2.63. The summed E-state index contributed by atoms with van der Waals surface area (Å²) < 4.78 is 0. The summed E-state index contributed by atoms with van der Waals surface area (Å²) in [5.41, 5.74) is 1.78. The van der Waals surface area contributed by atoms with Crippen molar-refractivity contribution in [3.63, 3.8) is 0 Å². The average molecular weight is 300 g/mol. The van der Waals surface area contributed by atoms with Gasteiger partial charge in [0.1, 0.15) is 5.82 Å². The Morgan fingerprint density at radius 2 is 1.95 bits per heavy atom. The molecule has 0 fully saturated rings. The van der Waals surface area contributed by atoms with Crippen LogP contribution in [-0.2, 0) is 0 Å². The number of carboxylic acid groups (broad SMARTS) is 1. The number of rotatable bonds is 6. The third-order valence-corrected chi connectivity index (χ3v) is 3.27. The molecule has 0 saturated carbocycles. The van der Waals surface area contributed by atoms with Gasteiger partial charge < -0.3 is 15.3 Å². The molecule has 0 aliphatic heterocycles. The van der Waals surface area contributed by atoms with Crippen molar-refractivity contribution in [1.82, 2.24) is 9.97 Å². The van der Waals surface area contributed by atoms with Crippen LogP contribution in [0.3, 0.4) is 0 Å². The largest absolute Gasteiger partial charge is 0.478 e. The van der Waals surface area contributed by atoms with Crippen LogP contribution < -0.4 is 10.2 Å². The van der Waals surface area contributed by atoms with Gasteiger partial charge >= 0.3 is 5.97 Å². The minimum absolute atomic E-state index is 0.236. The first-order valence-corrected chi connectivity index (χ1v) is 7.24. The Morgan fingerprint density at radius 3 is 2.59 bits per heavy atom. The van der Waals surface area contributed by atoms with Crippen LogP contribution >= 0.6 is 0 Å². The van der Waals surface area contributed by atoms with Gasteiger partial charge in [-0.05, 0) is 39.0 Å². The Labute approximate surface area is 129 Å². The molecule has 1 heterocycles. The third kappa shape index (κ3) is 3.72. The summed E-state index contributed by atoms with van der Waals surface area (Å²) in [4.78, 5) is 22.0. The molecular weight excluding hydrogens is 280 g/mol. The number of anilines is 3. The fourth-order valence-corrected chi connectivity index (χ4v) is 2.14. The summed E-state index contributed by atoms with van der Waals surface area (Å²) >= 11 is 0. The van der Waals surface area contributed by atoms with Crippen molar-refractivity contribution >= 4 is 23.4 Å². The molecule has 1 aromatic heterocycles. The Kier molecular flexibility index (Phi) is 4.93. The number of aryl methyl sites for hydroxylation is 1. The highest BCUT2D eigenvalue weighted by Crippen LogP contribution is 2.19. The predicted octanol–water partition coefficient (Wildman–Crippen LogP) is 3.07. The molecule has 2 aromatic rings. The van der Waals surface area contributed by atoms with Gasteiger partial charge in [-0.15, -0.1) is 0 Å². The number of nitrogens with one attached hydrogen (secondary N) is 1. The highest BCUT2D eigenvalue weighted by molar-refractivity contribution is 5.89. The number of nitrogens with zero attached hydrogens (tertiary/aromatic N) is 3. The second-order valence-corrected chi connectivity index (χ2v) is 4.88. The van der Waals surface area contributed by atoms with Gasteiger partial charge in [0.05, 0.1) is 5.56 Å². The smallest absolute Gasteiger partial charge is 0.335 e. The molecule has 22 heavy (non-hydrogen) atoms. The van der Waals surface area contributed by atoms with E-state index in [4.69, 9.17) is 5.11 Å². The van der Waals surface area contributed by atoms with Crippen LogP contribution in [0.25, 0.3) is 0 Å². The fraction of sp³-hybridized carbons (Fsp3) is 0.312. The van der Waals surface area contributed by atoms with Gasteiger partial charge in [0.15, 0.2) is 0 Å². The van der Waals surface area contributed by atoms with E-state index in [0.717, 1.165) is 18.8 Å². The summed E-state index contributed by atoms with van der Waals surface area (Å²) in [6.07, 6.45) is 0. The summed E-state index contributed by atoms with van der Waals surface area (Å²) in [6, 6.07) is 8.48. The van der Waals surface area contributed by atoms with Gasteiger partial charge in [-0.3, -0.25) is 0 Å². The van der Waals surface area contributed by atoms with Crippen LogP contribution in [-0.4, -0.2) is 34.1 Å². The van der Waals surface area contributed by atoms with E-state index in [-0.39, 0.29) is 5.56 Å². The lowest BCUT2D eigenvalue weighted by Crippen LogP contribution is -2.24. The molecule has 0 saturated heterocycles. The predicted molar refractivity (Wildman–Crippen MR) is 87.0 cm³/mol. The maximum Gasteiger partial charge on any atom is 0.335 e. The average Bonchev–Trinajstić information content (AvgIpc) is 2.48. The van der Waals surface area contributed by atoms with Crippen LogP contribution in [0.4, 0.5) is 17.5 Å². The summed E-state index contributed by atoms with van der Waals surface area (Å²) in [5.74, 6) is 0.366. The van der Waals surface area contributed by atoms with Gasteiger partial charge in [-0.1, -0.05) is 6.07 Å². The molecule has 6 nitrogen and oxygen atoms in total. The molecule has 0 spiro atoms. The third-order valence-electron chi connectivity index (χ3n) is 3.27. The second-order valence-electron chi connectivity index (χ2n) is 4.88. The van der Waals surface area contributed by atoms with E-state index in [0.29, 0.717) is 17.5 Å². The van der Waals surface area contributed by atoms with Gasteiger partial charge in [0.25, 0.3) is 0 Å². The first-order chi connectivity index (χ1) is 10.5. The molecule has 2 rings (SSSR count). The zero-order valence-electron chi connectivity index (χ0n) is 13.0. The monoisotopic (exact) mass is 300 g/mol. The number of aromatic nitrogens is 2. The fourth-order valence-electron chi connectivity index (χ4n) is 2.14. The van der Waals surface area contributed by atoms with Gasteiger partial charge in [-0.2, -0.15) is 4.98 Å². The molecule has 0 aliphatic carbocycles. The topological polar surface area (TPSA) is 78.4 Å². The lowest BCUT2D eigenvalue weighted by Gasteiger charge is -2.19. The highest BCUT2D eigenvalue weighted by atomic mass is 16.4. The van der Waals surface area contributed by atoms with Crippen molar-refractivity contribution in [1.29, 1.82) is 0 Å². The zero-order chi connectivity index (χ0) is 16.1. The van der Waals surface area contributed by atoms with Crippen LogP contribution in [0, 0.1) is 6.92 Å². The number of benzene rings is 1. The quantitative estimate of drug-likeness (QED) is 0.853. The van der Waals surface area contributed by atoms with E-state index in [2.05, 4.69) is 34.0 Å². The molecule has 0 radical (unpaired) electrons. The van der Waals surface area contributed by atoms with Crippen LogP contribution in [0.1, 0.15) is 29.9 Å². The molecule has 1 aromatic carbocycles. The van der Waals surface area contributed by atoms with Crippen molar-refractivity contribution in [2.24, 2.45) is 0 Å². The standard InChI is InChI=1S/C16H20N4O2/c1-4-20(5-2)16-17-11(3)9-14(19-16)18-13-8-6-7-12(10-13)15(21)22/h6-10H,4-5H2,1-3H3,(H,21,22)(H,17,18,19). The second kappa shape index (κ2) is 6.89. The molecule has 0 amide bonds. The normalized spacial score (nSPS) is 10.3. The van der Waals surface area contributed by atoms with Crippen LogP contribution in [0.5, 0.6) is 0 Å². The summed E-state index contributed by atoms with van der Waals surface area (Å²) in [6.45, 7) is 7.67. The maximum atomic E-state index is 11.0. The molecule has 0 bridgehead atoms. The highest BCUT2D eigenvalue weighted by Gasteiger charge is 2.09. The molecule has 116 valence electrons. The lowest BCUT2D eigenvalue weighted by atomic mass is 10.2. The molecule has 2 N–H and O–H groups in total. The Bertz CT molecular complexity index is 669. The van der Waals surface area contributed by atoms with E-state index < -0.39 is 5.97 Å². The number of aromatic carboxylic acids is 1. The van der Waals surface area contributed by atoms with Crippen molar-refractivity contribution < 1.29 is 9.90 Å². The molecule has 0 unspecified atom stereocenters. The minimum atomic E-state index is -0.952. The number of carbonyl (C=O) groups is 1. The Morgan fingerprint density at radius 1 is 1.23 bits per heavy atom. The summed E-state index contributed by atoms with van der Waals surface area (Å²) in [5, 5.41) is 12.2. The number of carboxylic acids is 1. The zero-order valence-corrected chi connectivity index (χ0v) is 13.0. The first kappa shape index (κ1) is 15.8. The summed E-state index contributed by atoms with van der Waals surface area (Å²) in [7, 11) is 0. The Balaban J connectivity index is 2.29. The van der Waals surface area contributed by atoms with Gasteiger partial charge in [0, 0.05) is 30.5 Å². The van der Waals surface area contributed by atoms with Gasteiger partial charge in [0.2, 0.25) is 5.95 Å². The van der Waals surface area contributed by atoms with Crippen LogP contribution in [0.2, 0.25) is 0 Å². The first-order valence-electron chi connectivity index (χ1n) is 7.24. The van der Waals surface area contributed by atoms with Crippen molar-refractivity contribution in [3.05, 3.63) is 41.6 Å². The van der Waals surface area contributed by atoms with E-state index >= 15 is 0 Å². The SMILES string of the molecule is CCN(CC)c1nc(C)cc(Nc2cccc(C(=O)O)c2)n1. The van der Waals surface area contributed by atoms with Gasteiger partial charge in [-0.25, -0.2) is 9.78 Å². The number of hydrogen-bond acceptors (Lipinski definition) is 5. The number of hydrogen-bond donors (Lipinski definition) is 2. The van der Waals surface area contributed by atoms with E-state index in [1.54, 1.807) is 24.3 Å². The van der Waals surface area contributed by atoms with Crippen LogP contribution in [0.15, 0.2) is 30.3 Å². The maximum absolute atomic E-state index is 11.0. The van der Waals surface area contributed by atoms with E-state index in [1.807, 2.05) is 13.0 Å². The molecular formula is C16H20N4O2. The van der Waals surface area contributed by atoms with Crippen molar-refractivity contribution in [3.8, 4) is 0 Å². The molecule has 0 aliphatic rings. The lowest BCUT2D eigenvalue weighted by molar-refractivity contribution is 0.0697. The van der Waals surface area contributed by atoms with E-state index in [1.165, 1.54) is 0 Å². The van der Waals surface area contributed by atoms with E-state index in [9.17, 15) is 4.79 Å². The molecule has 0 atom stereocenters. The van der Waals surface area contributed by atoms with Crippen molar-refractivity contribution in [2.75, 3.05) is 23.3 Å².